The number of carbonyl (C=O) groups is 1. The monoisotopic (exact) mass is 299 g/mol. The van der Waals surface area contributed by atoms with Crippen LogP contribution in [0.4, 0.5) is 0 Å². The first-order valence-electron chi connectivity index (χ1n) is 8.07. The maximum Gasteiger partial charge on any atom is 0.224 e. The largest absolute Gasteiger partial charge is 0.497 e. The summed E-state index contributed by atoms with van der Waals surface area (Å²) in [5, 5.41) is 5.23. The Morgan fingerprint density at radius 2 is 2.00 bits per heavy atom. The third kappa shape index (κ3) is 4.48. The van der Waals surface area contributed by atoms with Crippen molar-refractivity contribution in [3.63, 3.8) is 0 Å². The molecular formula is C19H25NO2. The normalized spacial score (nSPS) is 10.6. The Bertz CT molecular complexity index is 622. The van der Waals surface area contributed by atoms with Gasteiger partial charge in [0.15, 0.2) is 0 Å². The molecule has 2 aromatic carbocycles. The average molecular weight is 299 g/mol. The molecule has 0 saturated heterocycles. The number of fused-ring (bicyclic) bond motifs is 1. The third-order valence-corrected chi connectivity index (χ3v) is 3.88. The van der Waals surface area contributed by atoms with E-state index in [1.54, 1.807) is 7.11 Å². The molecule has 1 N–H and O–H groups in total. The van der Waals surface area contributed by atoms with Gasteiger partial charge in [0.05, 0.1) is 13.5 Å². The van der Waals surface area contributed by atoms with Gasteiger partial charge < -0.3 is 10.1 Å². The van der Waals surface area contributed by atoms with Gasteiger partial charge in [-0.15, -0.1) is 0 Å². The number of unbranched alkanes of at least 4 members (excludes halogenated alkanes) is 3. The van der Waals surface area contributed by atoms with Crippen molar-refractivity contribution < 1.29 is 9.53 Å². The minimum Gasteiger partial charge on any atom is -0.497 e. The molecule has 0 aliphatic heterocycles. The Morgan fingerprint density at radius 3 is 2.77 bits per heavy atom. The molecule has 0 radical (unpaired) electrons. The van der Waals surface area contributed by atoms with E-state index >= 15 is 0 Å². The Balaban J connectivity index is 1.99. The van der Waals surface area contributed by atoms with Crippen LogP contribution >= 0.6 is 0 Å². The number of hydrogen-bond donors (Lipinski definition) is 1. The number of benzene rings is 2. The number of carbonyl (C=O) groups excluding carboxylic acids is 1. The fourth-order valence-electron chi connectivity index (χ4n) is 2.61. The number of hydrogen-bond acceptors (Lipinski definition) is 2. The number of nitrogens with one attached hydrogen (secondary N) is 1. The van der Waals surface area contributed by atoms with Crippen LogP contribution in [0.1, 0.15) is 38.2 Å². The second-order valence-electron chi connectivity index (χ2n) is 5.59. The SMILES string of the molecule is CCCCCCNC(=O)Cc1cccc2ccc(OC)cc12. The van der Waals surface area contributed by atoms with Gasteiger partial charge in [0.2, 0.25) is 5.91 Å². The van der Waals surface area contributed by atoms with Gasteiger partial charge in [0.1, 0.15) is 5.75 Å². The van der Waals surface area contributed by atoms with Crippen molar-refractivity contribution in [3.05, 3.63) is 42.0 Å². The van der Waals surface area contributed by atoms with Crippen LogP contribution in [0.3, 0.4) is 0 Å². The van der Waals surface area contributed by atoms with Gasteiger partial charge in [-0.1, -0.05) is 50.5 Å². The van der Waals surface area contributed by atoms with Crippen molar-refractivity contribution >= 4 is 16.7 Å². The van der Waals surface area contributed by atoms with Gasteiger partial charge in [-0.25, -0.2) is 0 Å². The van der Waals surface area contributed by atoms with Crippen LogP contribution < -0.4 is 10.1 Å². The predicted octanol–water partition coefficient (Wildman–Crippen LogP) is 4.09. The molecule has 22 heavy (non-hydrogen) atoms. The van der Waals surface area contributed by atoms with E-state index in [4.69, 9.17) is 4.74 Å². The third-order valence-electron chi connectivity index (χ3n) is 3.88. The highest BCUT2D eigenvalue weighted by Gasteiger charge is 2.07. The average Bonchev–Trinajstić information content (AvgIpc) is 2.54. The zero-order valence-corrected chi connectivity index (χ0v) is 13.5. The standard InChI is InChI=1S/C19H25NO2/c1-3-4-5-6-12-20-19(21)13-16-9-7-8-15-10-11-17(22-2)14-18(15)16/h7-11,14H,3-6,12-13H2,1-2H3,(H,20,21). The second kappa shape index (κ2) is 8.42. The van der Waals surface area contributed by atoms with Crippen molar-refractivity contribution in [2.24, 2.45) is 0 Å². The minimum atomic E-state index is 0.0896. The van der Waals surface area contributed by atoms with E-state index in [2.05, 4.69) is 18.3 Å². The van der Waals surface area contributed by atoms with Crippen molar-refractivity contribution in [1.29, 1.82) is 0 Å². The molecular weight excluding hydrogens is 274 g/mol. The molecule has 0 saturated carbocycles. The smallest absolute Gasteiger partial charge is 0.224 e. The molecule has 3 nitrogen and oxygen atoms in total. The topological polar surface area (TPSA) is 38.3 Å². The molecule has 0 spiro atoms. The number of amides is 1. The van der Waals surface area contributed by atoms with Gasteiger partial charge >= 0.3 is 0 Å². The van der Waals surface area contributed by atoms with Crippen LogP contribution in [0.25, 0.3) is 10.8 Å². The summed E-state index contributed by atoms with van der Waals surface area (Å²) in [5.41, 5.74) is 1.04. The molecule has 0 aliphatic rings. The van der Waals surface area contributed by atoms with E-state index < -0.39 is 0 Å². The van der Waals surface area contributed by atoms with E-state index in [9.17, 15) is 4.79 Å². The summed E-state index contributed by atoms with van der Waals surface area (Å²) < 4.78 is 5.28. The van der Waals surface area contributed by atoms with Crippen LogP contribution in [0.2, 0.25) is 0 Å². The molecule has 2 rings (SSSR count). The van der Waals surface area contributed by atoms with Crippen LogP contribution in [-0.4, -0.2) is 19.6 Å². The molecule has 0 unspecified atom stereocenters. The van der Waals surface area contributed by atoms with Gasteiger partial charge in [-0.2, -0.15) is 0 Å². The van der Waals surface area contributed by atoms with E-state index in [0.29, 0.717) is 6.42 Å². The maximum atomic E-state index is 12.1. The first-order chi connectivity index (χ1) is 10.7. The summed E-state index contributed by atoms with van der Waals surface area (Å²) in [6, 6.07) is 12.0. The van der Waals surface area contributed by atoms with Crippen LogP contribution in [-0.2, 0) is 11.2 Å². The van der Waals surface area contributed by atoms with Crippen molar-refractivity contribution in [3.8, 4) is 5.75 Å². The quantitative estimate of drug-likeness (QED) is 0.746. The van der Waals surface area contributed by atoms with Crippen molar-refractivity contribution in [2.75, 3.05) is 13.7 Å². The molecule has 0 aliphatic carbocycles. The molecule has 0 bridgehead atoms. The van der Waals surface area contributed by atoms with Crippen molar-refractivity contribution in [1.82, 2.24) is 5.32 Å². The molecule has 3 heteroatoms. The lowest BCUT2D eigenvalue weighted by atomic mass is 10.0. The molecule has 2 aromatic rings. The van der Waals surface area contributed by atoms with Gasteiger partial charge in [-0.05, 0) is 34.9 Å². The Morgan fingerprint density at radius 1 is 1.14 bits per heavy atom. The number of ether oxygens (including phenoxy) is 1. The Hall–Kier alpha value is -2.03. The first-order valence-corrected chi connectivity index (χ1v) is 8.07. The molecule has 0 aromatic heterocycles. The zero-order chi connectivity index (χ0) is 15.8. The summed E-state index contributed by atoms with van der Waals surface area (Å²) in [4.78, 5) is 12.1. The minimum absolute atomic E-state index is 0.0896. The Labute approximate surface area is 132 Å². The van der Waals surface area contributed by atoms with Gasteiger partial charge in [0.25, 0.3) is 0 Å². The Kier molecular flexibility index (Phi) is 6.26. The zero-order valence-electron chi connectivity index (χ0n) is 13.5. The summed E-state index contributed by atoms with van der Waals surface area (Å²) >= 11 is 0. The molecule has 0 fully saturated rings. The van der Waals surface area contributed by atoms with Crippen molar-refractivity contribution in [2.45, 2.75) is 39.0 Å². The van der Waals surface area contributed by atoms with Gasteiger partial charge in [0, 0.05) is 6.54 Å². The van der Waals surface area contributed by atoms with E-state index in [1.165, 1.54) is 19.3 Å². The van der Waals surface area contributed by atoms with E-state index in [1.807, 2.05) is 30.3 Å². The molecule has 0 atom stereocenters. The lowest BCUT2D eigenvalue weighted by molar-refractivity contribution is -0.120. The summed E-state index contributed by atoms with van der Waals surface area (Å²) in [5.74, 6) is 0.909. The summed E-state index contributed by atoms with van der Waals surface area (Å²) in [6.45, 7) is 2.96. The van der Waals surface area contributed by atoms with E-state index in [-0.39, 0.29) is 5.91 Å². The molecule has 1 amide bonds. The van der Waals surface area contributed by atoms with Crippen LogP contribution in [0.15, 0.2) is 36.4 Å². The lowest BCUT2D eigenvalue weighted by Crippen LogP contribution is -2.26. The lowest BCUT2D eigenvalue weighted by Gasteiger charge is -2.09. The first kappa shape index (κ1) is 16.3. The number of methoxy groups -OCH3 is 1. The highest BCUT2D eigenvalue weighted by Crippen LogP contribution is 2.24. The van der Waals surface area contributed by atoms with Crippen LogP contribution in [0, 0.1) is 0 Å². The fourth-order valence-corrected chi connectivity index (χ4v) is 2.61. The highest BCUT2D eigenvalue weighted by atomic mass is 16.5. The summed E-state index contributed by atoms with van der Waals surface area (Å²) in [7, 11) is 1.66. The summed E-state index contributed by atoms with van der Waals surface area (Å²) in [6.07, 6.45) is 5.11. The van der Waals surface area contributed by atoms with E-state index in [0.717, 1.165) is 35.1 Å². The maximum absolute atomic E-state index is 12.1. The molecule has 0 heterocycles. The van der Waals surface area contributed by atoms with Crippen LogP contribution in [0.5, 0.6) is 5.75 Å². The molecule has 118 valence electrons. The predicted molar refractivity (Wildman–Crippen MR) is 91.4 cm³/mol. The second-order valence-corrected chi connectivity index (χ2v) is 5.59. The number of rotatable bonds is 8. The highest BCUT2D eigenvalue weighted by molar-refractivity contribution is 5.91. The fraction of sp³-hybridized carbons (Fsp3) is 0.421. The van der Waals surface area contributed by atoms with Gasteiger partial charge in [-0.3, -0.25) is 4.79 Å².